The van der Waals surface area contributed by atoms with Crippen LogP contribution < -0.4 is 76.1 Å². The summed E-state index contributed by atoms with van der Waals surface area (Å²) in [5.74, 6) is 1.40. The second-order valence-electron chi connectivity index (χ2n) is 4.96. The van der Waals surface area contributed by atoms with Gasteiger partial charge in [0.2, 0.25) is 0 Å². The van der Waals surface area contributed by atoms with E-state index in [4.69, 9.17) is 0 Å². The van der Waals surface area contributed by atoms with E-state index in [1.807, 2.05) is 0 Å². The molecule has 0 bridgehead atoms. The Bertz CT molecular complexity index is 1030. The van der Waals surface area contributed by atoms with Crippen LogP contribution in [0.15, 0.2) is 35.9 Å². The second-order valence-corrected chi connectivity index (χ2v) is 13.4. The maximum Gasteiger partial charge on any atom is 1.00 e. The maximum atomic E-state index is 12.1. The van der Waals surface area contributed by atoms with E-state index in [2.05, 4.69) is 47.8 Å². The molecule has 0 unspecified atom stereocenters. The van der Waals surface area contributed by atoms with Gasteiger partial charge in [-0.1, -0.05) is 38.9 Å². The average Bonchev–Trinajstić information content (AvgIpc) is 3.00. The number of halogens is 14. The van der Waals surface area contributed by atoms with Crippen molar-refractivity contribution in [2.45, 2.75) is 0 Å². The number of hydrogen-bond acceptors (Lipinski definition) is 3. The molecule has 2 aromatic rings. The van der Waals surface area contributed by atoms with Crippen molar-refractivity contribution in [2.24, 2.45) is 0 Å². The summed E-state index contributed by atoms with van der Waals surface area (Å²) in [6.45, 7) is 0. The molecule has 22 heteroatoms. The predicted octanol–water partition coefficient (Wildman–Crippen LogP) is 1.63. The smallest absolute Gasteiger partial charge is 1.00 e. The largest absolute Gasteiger partial charge is 1.00 e. The Morgan fingerprint density at radius 3 is 1.50 bits per heavy atom. The molecule has 2 aromatic heterocycles. The quantitative estimate of drug-likeness (QED) is 0.258. The normalized spacial score (nSPS) is 14.9. The molecule has 2 rings (SSSR count). The Morgan fingerprint density at radius 1 is 0.794 bits per heavy atom. The minimum atomic E-state index is -9.60. The zero-order valence-electron chi connectivity index (χ0n) is 16.3. The molecule has 34 heavy (non-hydrogen) atoms. The minimum Gasteiger partial charge on any atom is -1.00 e. The Kier molecular flexibility index (Phi) is 18.1. The van der Waals surface area contributed by atoms with E-state index < -0.39 is 30.3 Å². The third-order valence-electron chi connectivity index (χ3n) is 2.19. The predicted molar refractivity (Wildman–Crippen MR) is 120 cm³/mol. The molecule has 0 saturated carbocycles. The van der Waals surface area contributed by atoms with Crippen molar-refractivity contribution in [3.63, 3.8) is 0 Å². The van der Waals surface area contributed by atoms with Crippen LogP contribution in [-0.4, -0.2) is 11.0 Å². The van der Waals surface area contributed by atoms with Crippen LogP contribution in [0.3, 0.4) is 0 Å². The summed E-state index contributed by atoms with van der Waals surface area (Å²) in [7, 11) is -19.1. The molecule has 2 heterocycles. The first-order chi connectivity index (χ1) is 12.3. The van der Waals surface area contributed by atoms with Gasteiger partial charge >= 0.3 is 79.6 Å². The van der Waals surface area contributed by atoms with Crippen LogP contribution in [-0.2, 0) is 0 Å². The zero-order valence-corrected chi connectivity index (χ0v) is 29.9. The van der Waals surface area contributed by atoms with Crippen molar-refractivity contribution in [3.8, 4) is 11.2 Å². The standard InChI is InChI=1S/C6H3Br2F5S2.C6H2BrF5S2.BrH.2Na.2H2O/c7-5-2-14-1-4(5)6(8)3-15(9,10,11,12)13;7-6-4-13-3-5(6)1-2-14(8,9,10,11)12;;;;;/h1-3H;3-4H;1H;;;2*1H2/q;;;2*+1;;/p-2/b6-3+;;;;;;. The van der Waals surface area contributed by atoms with Gasteiger partial charge in [0, 0.05) is 40.5 Å². The molecule has 0 aromatic carbocycles. The minimum absolute atomic E-state index is 0. The summed E-state index contributed by atoms with van der Waals surface area (Å²) in [6.07, 6.45) is 0. The van der Waals surface area contributed by atoms with E-state index in [1.54, 1.807) is 0 Å². The molecule has 0 aliphatic rings. The van der Waals surface area contributed by atoms with E-state index in [9.17, 15) is 38.9 Å². The van der Waals surface area contributed by atoms with Crippen LogP contribution in [0.5, 0.6) is 0 Å². The molecular weight excluding hydrogens is 860 g/mol. The van der Waals surface area contributed by atoms with E-state index in [-0.39, 0.29) is 108 Å². The molecule has 0 aliphatic carbocycles. The zero-order chi connectivity index (χ0) is 23.1. The molecule has 0 saturated heterocycles. The van der Waals surface area contributed by atoms with Crippen LogP contribution >= 0.6 is 90.9 Å². The summed E-state index contributed by atoms with van der Waals surface area (Å²) >= 11 is 10.5. The molecule has 0 radical (unpaired) electrons. The Hall–Kier alpha value is 2.54. The van der Waals surface area contributed by atoms with E-state index in [0.29, 0.717) is 4.47 Å². The number of rotatable bonds is 2. The fourth-order valence-corrected chi connectivity index (χ4v) is 6.69. The Morgan fingerprint density at radius 2 is 1.21 bits per heavy atom. The van der Waals surface area contributed by atoms with Gasteiger partial charge in [-0.2, -0.15) is 11.3 Å². The summed E-state index contributed by atoms with van der Waals surface area (Å²) in [5, 5.41) is 4.71. The van der Waals surface area contributed by atoms with Crippen LogP contribution in [0, 0.1) is 11.2 Å². The van der Waals surface area contributed by atoms with Gasteiger partial charge in [0.1, 0.15) is 0 Å². The third kappa shape index (κ3) is 22.5. The van der Waals surface area contributed by atoms with E-state index >= 15 is 0 Å². The molecule has 0 aliphatic heterocycles. The summed E-state index contributed by atoms with van der Waals surface area (Å²) in [4.78, 5) is 0. The van der Waals surface area contributed by atoms with E-state index in [0.717, 1.165) is 22.7 Å². The first kappa shape index (κ1) is 46.4. The second kappa shape index (κ2) is 13.3. The topological polar surface area (TPSA) is 61.5 Å². The van der Waals surface area contributed by atoms with Gasteiger partial charge < -0.3 is 27.9 Å². The van der Waals surface area contributed by atoms with Gasteiger partial charge in [-0.25, -0.2) is 0 Å². The van der Waals surface area contributed by atoms with Crippen molar-refractivity contribution < 1.29 is 126 Å². The monoisotopic (exact) mass is 864 g/mol. The van der Waals surface area contributed by atoms with Crippen molar-refractivity contribution in [3.05, 3.63) is 47.0 Å². The van der Waals surface area contributed by atoms with Gasteiger partial charge in [-0.05, 0) is 53.7 Å². The van der Waals surface area contributed by atoms with Crippen LogP contribution in [0.1, 0.15) is 11.1 Å². The first-order valence-electron chi connectivity index (χ1n) is 6.19. The fourth-order valence-electron chi connectivity index (χ4n) is 1.23. The number of hydrogen-bond donors (Lipinski definition) is 0. The summed E-state index contributed by atoms with van der Waals surface area (Å²) in [6, 6.07) is 0. The Balaban J connectivity index is -0.000000144. The van der Waals surface area contributed by atoms with Gasteiger partial charge in [0.25, 0.3) is 0 Å². The van der Waals surface area contributed by atoms with Gasteiger partial charge in [-0.3, -0.25) is 0 Å². The molecule has 0 amide bonds. The Labute approximate surface area is 275 Å². The first-order valence-corrected chi connectivity index (χ1v) is 14.4. The van der Waals surface area contributed by atoms with Crippen LogP contribution in [0.25, 0.3) is 4.48 Å². The van der Waals surface area contributed by atoms with Crippen molar-refractivity contribution in [2.75, 3.05) is 0 Å². The molecule has 2 nitrogen and oxygen atoms in total. The SMILES string of the molecule is FS(F)(F)(F)(F)/C=C(/Br)c1cscc1Br.FS(F)(F)(F)(F)C#Cc1cscc1Br.O.[Br-].[Na+].[Na+].[OH-]. The molecule has 3 N–H and O–H groups in total. The van der Waals surface area contributed by atoms with Gasteiger partial charge in [0.15, 0.2) is 0 Å². The molecule has 0 spiro atoms. The van der Waals surface area contributed by atoms with E-state index in [1.165, 1.54) is 27.4 Å². The average molecular weight is 868 g/mol. The maximum absolute atomic E-state index is 12.1. The number of thiophene rings is 2. The van der Waals surface area contributed by atoms with Crippen LogP contribution in [0.2, 0.25) is 0 Å². The molecular formula is C12H8Br4F10Na2O2S4. The van der Waals surface area contributed by atoms with Crippen molar-refractivity contribution in [1.29, 1.82) is 0 Å². The molecule has 192 valence electrons. The van der Waals surface area contributed by atoms with Gasteiger partial charge in [0.05, 0.1) is 16.2 Å². The van der Waals surface area contributed by atoms with Crippen molar-refractivity contribution in [1.82, 2.24) is 0 Å². The van der Waals surface area contributed by atoms with Crippen LogP contribution in [0.4, 0.5) is 38.9 Å². The molecule has 0 fully saturated rings. The summed E-state index contributed by atoms with van der Waals surface area (Å²) in [5.41, 5.74) is -0.0449. The molecule has 0 atom stereocenters. The van der Waals surface area contributed by atoms with Crippen molar-refractivity contribution >= 4 is 95.4 Å². The third-order valence-corrected chi connectivity index (χ3v) is 7.72. The fraction of sp³-hybridized carbons (Fsp3) is 0. The van der Waals surface area contributed by atoms with Gasteiger partial charge in [-0.15, -0.1) is 11.3 Å². The summed E-state index contributed by atoms with van der Waals surface area (Å²) < 4.78 is 119.